The highest BCUT2D eigenvalue weighted by Crippen LogP contribution is 2.19. The van der Waals surface area contributed by atoms with Crippen LogP contribution in [0.25, 0.3) is 0 Å². The van der Waals surface area contributed by atoms with Crippen molar-refractivity contribution in [3.63, 3.8) is 0 Å². The van der Waals surface area contributed by atoms with E-state index in [1.54, 1.807) is 0 Å². The molecule has 1 fully saturated rings. The van der Waals surface area contributed by atoms with Gasteiger partial charge in [-0.1, -0.05) is 35.9 Å². The molecule has 0 aromatic heterocycles. The molecule has 6 heteroatoms. The number of halogens is 1. The van der Waals surface area contributed by atoms with Gasteiger partial charge in [-0.25, -0.2) is 0 Å². The molecule has 0 saturated carbocycles. The number of hydrogen-bond donors (Lipinski definition) is 2. The topological polar surface area (TPSA) is 61.4 Å². The van der Waals surface area contributed by atoms with Crippen molar-refractivity contribution in [2.75, 3.05) is 25.0 Å². The molecule has 5 nitrogen and oxygen atoms in total. The fourth-order valence-corrected chi connectivity index (χ4v) is 3.97. The minimum atomic E-state index is -0.0174. The second-order valence-electron chi connectivity index (χ2n) is 7.78. The molecule has 0 radical (unpaired) electrons. The number of nitrogens with one attached hydrogen (secondary N) is 2. The molecule has 1 heterocycles. The van der Waals surface area contributed by atoms with Crippen molar-refractivity contribution in [2.24, 2.45) is 5.92 Å². The highest BCUT2D eigenvalue weighted by atomic mass is 35.5. The second-order valence-corrected chi connectivity index (χ2v) is 8.19. The first-order valence-electron chi connectivity index (χ1n) is 10.0. The number of rotatable bonds is 6. The van der Waals surface area contributed by atoms with E-state index in [9.17, 15) is 9.59 Å². The normalized spacial score (nSPS) is 15.1. The molecule has 1 aliphatic heterocycles. The van der Waals surface area contributed by atoms with Gasteiger partial charge < -0.3 is 10.6 Å². The van der Waals surface area contributed by atoms with Gasteiger partial charge in [-0.3, -0.25) is 14.5 Å². The van der Waals surface area contributed by atoms with Crippen molar-refractivity contribution in [3.05, 3.63) is 64.2 Å². The quantitative estimate of drug-likeness (QED) is 0.754. The maximum absolute atomic E-state index is 12.5. The van der Waals surface area contributed by atoms with Crippen LogP contribution in [0.5, 0.6) is 0 Å². The average Bonchev–Trinajstić information content (AvgIpc) is 2.67. The Morgan fingerprint density at radius 1 is 1.07 bits per heavy atom. The summed E-state index contributed by atoms with van der Waals surface area (Å²) in [6.07, 6.45) is 1.51. The second kappa shape index (κ2) is 9.90. The zero-order valence-corrected chi connectivity index (χ0v) is 17.8. The van der Waals surface area contributed by atoms with Gasteiger partial charge in [0.05, 0.1) is 6.54 Å². The summed E-state index contributed by atoms with van der Waals surface area (Å²) in [7, 11) is 0. The Bertz CT molecular complexity index is 856. The molecule has 29 heavy (non-hydrogen) atoms. The third kappa shape index (κ3) is 6.31. The van der Waals surface area contributed by atoms with Gasteiger partial charge >= 0.3 is 0 Å². The molecule has 1 aliphatic rings. The third-order valence-corrected chi connectivity index (χ3v) is 5.61. The summed E-state index contributed by atoms with van der Waals surface area (Å²) in [4.78, 5) is 26.9. The number of amides is 2. The lowest BCUT2D eigenvalue weighted by atomic mass is 9.96. The van der Waals surface area contributed by atoms with Gasteiger partial charge in [0, 0.05) is 23.2 Å². The Hall–Kier alpha value is -2.37. The van der Waals surface area contributed by atoms with Gasteiger partial charge in [0.25, 0.3) is 0 Å². The number of aryl methyl sites for hydroxylation is 2. The minimum Gasteiger partial charge on any atom is -0.352 e. The van der Waals surface area contributed by atoms with E-state index in [0.29, 0.717) is 18.1 Å². The molecule has 3 rings (SSSR count). The molecule has 0 atom stereocenters. The van der Waals surface area contributed by atoms with Crippen molar-refractivity contribution in [1.29, 1.82) is 0 Å². The highest BCUT2D eigenvalue weighted by molar-refractivity contribution is 6.31. The van der Waals surface area contributed by atoms with Crippen molar-refractivity contribution in [1.82, 2.24) is 10.2 Å². The molecule has 0 bridgehead atoms. The summed E-state index contributed by atoms with van der Waals surface area (Å²) in [5, 5.41) is 6.63. The van der Waals surface area contributed by atoms with Crippen LogP contribution < -0.4 is 10.6 Å². The first-order chi connectivity index (χ1) is 13.9. The van der Waals surface area contributed by atoms with Crippen LogP contribution in [0, 0.1) is 19.8 Å². The fourth-order valence-electron chi connectivity index (χ4n) is 3.77. The van der Waals surface area contributed by atoms with Crippen molar-refractivity contribution in [2.45, 2.75) is 33.2 Å². The highest BCUT2D eigenvalue weighted by Gasteiger charge is 2.25. The number of carbonyl (C=O) groups excluding carboxylic acids is 2. The largest absolute Gasteiger partial charge is 0.352 e. The number of carbonyl (C=O) groups is 2. The van der Waals surface area contributed by atoms with Gasteiger partial charge in [-0.15, -0.1) is 0 Å². The Kier molecular flexibility index (Phi) is 7.29. The summed E-state index contributed by atoms with van der Waals surface area (Å²) >= 11 is 6.14. The predicted octanol–water partition coefficient (Wildman–Crippen LogP) is 3.92. The van der Waals surface area contributed by atoms with Crippen molar-refractivity contribution in [3.8, 4) is 0 Å². The lowest BCUT2D eigenvalue weighted by Crippen LogP contribution is -2.43. The van der Waals surface area contributed by atoms with E-state index < -0.39 is 0 Å². The van der Waals surface area contributed by atoms with Crippen LogP contribution in [0.4, 0.5) is 5.69 Å². The van der Waals surface area contributed by atoms with Gasteiger partial charge in [0.2, 0.25) is 11.8 Å². The van der Waals surface area contributed by atoms with E-state index in [1.807, 2.05) is 50.2 Å². The first kappa shape index (κ1) is 21.3. The van der Waals surface area contributed by atoms with Gasteiger partial charge in [0.15, 0.2) is 0 Å². The summed E-state index contributed by atoms with van der Waals surface area (Å²) in [6.45, 7) is 6.31. The van der Waals surface area contributed by atoms with E-state index in [4.69, 9.17) is 11.6 Å². The van der Waals surface area contributed by atoms with Gasteiger partial charge in [0.1, 0.15) is 0 Å². The zero-order valence-electron chi connectivity index (χ0n) is 17.0. The lowest BCUT2D eigenvalue weighted by Gasteiger charge is -2.30. The maximum atomic E-state index is 12.5. The number of likely N-dealkylation sites (tertiary alicyclic amines) is 1. The molecular weight excluding hydrogens is 386 g/mol. The molecule has 0 unspecified atom stereocenters. The van der Waals surface area contributed by atoms with Crippen molar-refractivity contribution >= 4 is 29.1 Å². The molecule has 2 N–H and O–H groups in total. The van der Waals surface area contributed by atoms with Crippen LogP contribution in [0.1, 0.15) is 29.5 Å². The number of benzene rings is 2. The number of piperidine rings is 1. The molecule has 0 spiro atoms. The Morgan fingerprint density at radius 3 is 2.38 bits per heavy atom. The Morgan fingerprint density at radius 2 is 1.72 bits per heavy atom. The fraction of sp³-hybridized carbons (Fsp3) is 0.391. The smallest absolute Gasteiger partial charge is 0.238 e. The Labute approximate surface area is 177 Å². The minimum absolute atomic E-state index is 0.0170. The van der Waals surface area contributed by atoms with Crippen molar-refractivity contribution < 1.29 is 9.59 Å². The van der Waals surface area contributed by atoms with Crippen LogP contribution in [-0.4, -0.2) is 36.3 Å². The number of anilines is 1. The first-order valence-corrected chi connectivity index (χ1v) is 10.4. The van der Waals surface area contributed by atoms with E-state index >= 15 is 0 Å². The van der Waals surface area contributed by atoms with E-state index in [2.05, 4.69) is 21.6 Å². The third-order valence-electron chi connectivity index (χ3n) is 5.24. The molecule has 1 saturated heterocycles. The molecule has 2 aromatic rings. The molecule has 2 aromatic carbocycles. The SMILES string of the molecule is Cc1cc(C)cc(NC(=O)CN2CCC(C(=O)NCc3ccccc3Cl)CC2)c1. The van der Waals surface area contributed by atoms with Gasteiger partial charge in [-0.05, 0) is 74.7 Å². The summed E-state index contributed by atoms with van der Waals surface area (Å²) in [5.41, 5.74) is 4.01. The standard InChI is InChI=1S/C23H28ClN3O2/c1-16-11-17(2)13-20(12-16)26-22(28)15-27-9-7-18(8-10-27)23(29)25-14-19-5-3-4-6-21(19)24/h3-6,11-13,18H,7-10,14-15H2,1-2H3,(H,25,29)(H,26,28). The predicted molar refractivity (Wildman–Crippen MR) is 117 cm³/mol. The van der Waals surface area contributed by atoms with Crippen LogP contribution in [0.15, 0.2) is 42.5 Å². The Balaban J connectivity index is 1.42. The number of hydrogen-bond acceptors (Lipinski definition) is 3. The van der Waals surface area contributed by atoms with Crippen LogP contribution in [0.2, 0.25) is 5.02 Å². The van der Waals surface area contributed by atoms with E-state index in [1.165, 1.54) is 0 Å². The maximum Gasteiger partial charge on any atom is 0.238 e. The average molecular weight is 414 g/mol. The zero-order chi connectivity index (χ0) is 20.8. The molecular formula is C23H28ClN3O2. The molecule has 2 amide bonds. The van der Waals surface area contributed by atoms with Crippen LogP contribution in [-0.2, 0) is 16.1 Å². The van der Waals surface area contributed by atoms with Crippen LogP contribution >= 0.6 is 11.6 Å². The lowest BCUT2D eigenvalue weighted by molar-refractivity contribution is -0.126. The molecule has 0 aliphatic carbocycles. The number of nitrogens with zero attached hydrogens (tertiary/aromatic N) is 1. The van der Waals surface area contributed by atoms with E-state index in [0.717, 1.165) is 48.3 Å². The molecule has 154 valence electrons. The van der Waals surface area contributed by atoms with Gasteiger partial charge in [-0.2, -0.15) is 0 Å². The van der Waals surface area contributed by atoms with Crippen LogP contribution in [0.3, 0.4) is 0 Å². The monoisotopic (exact) mass is 413 g/mol. The summed E-state index contributed by atoms with van der Waals surface area (Å²) in [6, 6.07) is 13.6. The van der Waals surface area contributed by atoms with E-state index in [-0.39, 0.29) is 17.7 Å². The summed E-state index contributed by atoms with van der Waals surface area (Å²) < 4.78 is 0. The summed E-state index contributed by atoms with van der Waals surface area (Å²) in [5.74, 6) is 0.0251.